The molecule has 0 aliphatic heterocycles. The second kappa shape index (κ2) is 4.17. The lowest BCUT2D eigenvalue weighted by Crippen LogP contribution is -2.17. The summed E-state index contributed by atoms with van der Waals surface area (Å²) in [6.07, 6.45) is 3.16. The van der Waals surface area contributed by atoms with Gasteiger partial charge >= 0.3 is 0 Å². The molecule has 17 heavy (non-hydrogen) atoms. The number of nitrogens with one attached hydrogen (secondary N) is 1. The summed E-state index contributed by atoms with van der Waals surface area (Å²) in [5.74, 6) is -0.788. The van der Waals surface area contributed by atoms with Gasteiger partial charge < -0.3 is 11.1 Å². The van der Waals surface area contributed by atoms with Crippen molar-refractivity contribution < 1.29 is 9.59 Å². The highest BCUT2D eigenvalue weighted by Crippen LogP contribution is 2.19. The molecule has 0 saturated heterocycles. The van der Waals surface area contributed by atoms with Gasteiger partial charge in [-0.1, -0.05) is 0 Å². The lowest BCUT2D eigenvalue weighted by molar-refractivity contribution is -0.114. The summed E-state index contributed by atoms with van der Waals surface area (Å²) >= 11 is 0. The second-order valence-corrected chi connectivity index (χ2v) is 3.50. The van der Waals surface area contributed by atoms with Gasteiger partial charge in [0.25, 0.3) is 5.91 Å². The van der Waals surface area contributed by atoms with Crippen LogP contribution in [0.1, 0.15) is 17.3 Å². The summed E-state index contributed by atoms with van der Waals surface area (Å²) in [7, 11) is 0. The van der Waals surface area contributed by atoms with Crippen molar-refractivity contribution in [2.24, 2.45) is 5.73 Å². The number of rotatable bonds is 2. The molecule has 0 bridgehead atoms. The number of carbonyl (C=O) groups excluding carboxylic acids is 2. The monoisotopic (exact) mass is 230 g/mol. The Bertz CT molecular complexity index is 609. The third-order valence-electron chi connectivity index (χ3n) is 2.17. The minimum Gasteiger partial charge on any atom is -0.365 e. The molecule has 0 radical (unpaired) electrons. The normalized spacial score (nSPS) is 10.2. The first-order valence-corrected chi connectivity index (χ1v) is 4.90. The number of fused-ring (bicyclic) bond motifs is 1. The van der Waals surface area contributed by atoms with Crippen molar-refractivity contribution in [2.45, 2.75) is 6.92 Å². The maximum Gasteiger partial charge on any atom is 0.252 e. The summed E-state index contributed by atoms with van der Waals surface area (Å²) < 4.78 is 0. The highest BCUT2D eigenvalue weighted by atomic mass is 16.2. The highest BCUT2D eigenvalue weighted by Gasteiger charge is 2.12. The largest absolute Gasteiger partial charge is 0.365 e. The fourth-order valence-electron chi connectivity index (χ4n) is 1.47. The third kappa shape index (κ3) is 2.20. The fourth-order valence-corrected chi connectivity index (χ4v) is 1.47. The van der Waals surface area contributed by atoms with Crippen LogP contribution in [-0.4, -0.2) is 21.8 Å². The summed E-state index contributed by atoms with van der Waals surface area (Å²) in [6, 6.07) is 3.24. The summed E-state index contributed by atoms with van der Waals surface area (Å²) in [4.78, 5) is 30.4. The van der Waals surface area contributed by atoms with E-state index in [9.17, 15) is 9.59 Å². The average molecular weight is 230 g/mol. The molecule has 86 valence electrons. The molecule has 3 N–H and O–H groups in total. The molecule has 2 amide bonds. The molecule has 2 aromatic rings. The van der Waals surface area contributed by atoms with Crippen molar-refractivity contribution >= 4 is 28.5 Å². The van der Waals surface area contributed by atoms with E-state index in [1.165, 1.54) is 6.92 Å². The maximum atomic E-state index is 11.3. The van der Waals surface area contributed by atoms with E-state index in [1.54, 1.807) is 24.5 Å². The van der Waals surface area contributed by atoms with E-state index in [0.29, 0.717) is 10.9 Å². The molecule has 2 heterocycles. The molecule has 0 aliphatic rings. The van der Waals surface area contributed by atoms with Crippen molar-refractivity contribution in [1.29, 1.82) is 0 Å². The van der Waals surface area contributed by atoms with Crippen molar-refractivity contribution in [3.05, 3.63) is 30.1 Å². The van der Waals surface area contributed by atoms with Gasteiger partial charge in [-0.3, -0.25) is 14.6 Å². The molecule has 2 aromatic heterocycles. The van der Waals surface area contributed by atoms with Crippen LogP contribution in [0, 0.1) is 0 Å². The number of amides is 2. The Morgan fingerprint density at radius 2 is 2.18 bits per heavy atom. The lowest BCUT2D eigenvalue weighted by atomic mass is 10.1. The van der Waals surface area contributed by atoms with Crippen LogP contribution >= 0.6 is 0 Å². The van der Waals surface area contributed by atoms with Crippen LogP contribution in [0.5, 0.6) is 0 Å². The zero-order chi connectivity index (χ0) is 12.4. The van der Waals surface area contributed by atoms with Crippen LogP contribution in [0.3, 0.4) is 0 Å². The first-order valence-electron chi connectivity index (χ1n) is 4.90. The van der Waals surface area contributed by atoms with E-state index >= 15 is 0 Å². The summed E-state index contributed by atoms with van der Waals surface area (Å²) in [6.45, 7) is 1.34. The SMILES string of the molecule is CC(=O)Nc1nc2ccncc2cc1C(N)=O. The molecular formula is C11H10N4O2. The van der Waals surface area contributed by atoms with E-state index in [1.807, 2.05) is 0 Å². The van der Waals surface area contributed by atoms with Crippen LogP contribution in [0.15, 0.2) is 24.5 Å². The first-order chi connectivity index (χ1) is 8.08. The topological polar surface area (TPSA) is 98.0 Å². The third-order valence-corrected chi connectivity index (χ3v) is 2.17. The summed E-state index contributed by atoms with van der Waals surface area (Å²) in [5.41, 5.74) is 6.03. The number of nitrogens with two attached hydrogens (primary N) is 1. The van der Waals surface area contributed by atoms with Gasteiger partial charge in [0, 0.05) is 24.7 Å². The molecule has 2 rings (SSSR count). The van der Waals surface area contributed by atoms with E-state index in [2.05, 4.69) is 15.3 Å². The number of anilines is 1. The Balaban J connectivity index is 2.66. The maximum absolute atomic E-state index is 11.3. The predicted molar refractivity (Wildman–Crippen MR) is 62.4 cm³/mol. The van der Waals surface area contributed by atoms with Crippen molar-refractivity contribution in [3.8, 4) is 0 Å². The molecule has 0 unspecified atom stereocenters. The minimum absolute atomic E-state index is 0.167. The van der Waals surface area contributed by atoms with E-state index in [4.69, 9.17) is 5.73 Å². The lowest BCUT2D eigenvalue weighted by Gasteiger charge is -2.07. The Morgan fingerprint density at radius 3 is 2.82 bits per heavy atom. The standard InChI is InChI=1S/C11H10N4O2/c1-6(16)14-11-8(10(12)17)4-7-5-13-3-2-9(7)15-11/h2-5H,1H3,(H2,12,17)(H,14,15,16). The number of hydrogen-bond acceptors (Lipinski definition) is 4. The number of pyridine rings is 2. The minimum atomic E-state index is -0.646. The average Bonchev–Trinajstić information content (AvgIpc) is 2.27. The van der Waals surface area contributed by atoms with Gasteiger partial charge in [0.1, 0.15) is 5.82 Å². The molecule has 0 spiro atoms. The Morgan fingerprint density at radius 1 is 1.41 bits per heavy atom. The van der Waals surface area contributed by atoms with Crippen molar-refractivity contribution in [2.75, 3.05) is 5.32 Å². The Hall–Kier alpha value is -2.50. The van der Waals surface area contributed by atoms with Gasteiger partial charge in [0.15, 0.2) is 0 Å². The van der Waals surface area contributed by atoms with Crippen molar-refractivity contribution in [1.82, 2.24) is 9.97 Å². The number of carbonyl (C=O) groups is 2. The zero-order valence-electron chi connectivity index (χ0n) is 9.10. The molecule has 0 saturated carbocycles. The smallest absolute Gasteiger partial charge is 0.252 e. The van der Waals surface area contributed by atoms with Gasteiger partial charge in [-0.25, -0.2) is 4.98 Å². The fraction of sp³-hybridized carbons (Fsp3) is 0.0909. The number of aromatic nitrogens is 2. The quantitative estimate of drug-likeness (QED) is 0.792. The molecule has 6 nitrogen and oxygen atoms in total. The Labute approximate surface area is 96.9 Å². The molecular weight excluding hydrogens is 220 g/mol. The number of nitrogens with zero attached hydrogens (tertiary/aromatic N) is 2. The zero-order valence-corrected chi connectivity index (χ0v) is 9.10. The van der Waals surface area contributed by atoms with E-state index in [0.717, 1.165) is 0 Å². The van der Waals surface area contributed by atoms with Gasteiger partial charge in [-0.2, -0.15) is 0 Å². The van der Waals surface area contributed by atoms with Crippen molar-refractivity contribution in [3.63, 3.8) is 0 Å². The van der Waals surface area contributed by atoms with E-state index in [-0.39, 0.29) is 17.3 Å². The van der Waals surface area contributed by atoms with Crippen LogP contribution in [0.25, 0.3) is 10.9 Å². The number of primary amides is 1. The van der Waals surface area contributed by atoms with Crippen LogP contribution < -0.4 is 11.1 Å². The first kappa shape index (κ1) is 11.0. The molecule has 6 heteroatoms. The molecule has 0 atom stereocenters. The molecule has 0 fully saturated rings. The van der Waals surface area contributed by atoms with Crippen LogP contribution in [-0.2, 0) is 4.79 Å². The van der Waals surface area contributed by atoms with Gasteiger partial charge in [0.05, 0.1) is 11.1 Å². The van der Waals surface area contributed by atoms with Gasteiger partial charge in [-0.05, 0) is 12.1 Å². The molecule has 0 aromatic carbocycles. The molecule has 0 aliphatic carbocycles. The predicted octanol–water partition coefficient (Wildman–Crippen LogP) is 0.687. The van der Waals surface area contributed by atoms with Crippen LogP contribution in [0.4, 0.5) is 5.82 Å². The Kier molecular flexibility index (Phi) is 2.70. The van der Waals surface area contributed by atoms with E-state index < -0.39 is 5.91 Å². The van der Waals surface area contributed by atoms with Gasteiger partial charge in [-0.15, -0.1) is 0 Å². The second-order valence-electron chi connectivity index (χ2n) is 3.50. The number of hydrogen-bond donors (Lipinski definition) is 2. The highest BCUT2D eigenvalue weighted by molar-refractivity contribution is 6.04. The van der Waals surface area contributed by atoms with Crippen LogP contribution in [0.2, 0.25) is 0 Å². The van der Waals surface area contributed by atoms with Gasteiger partial charge in [0.2, 0.25) is 5.91 Å². The summed E-state index contributed by atoms with van der Waals surface area (Å²) in [5, 5.41) is 3.17.